The summed E-state index contributed by atoms with van der Waals surface area (Å²) in [6.07, 6.45) is 0.773. The molecule has 2 atom stereocenters. The van der Waals surface area contributed by atoms with Crippen molar-refractivity contribution in [2.75, 3.05) is 13.2 Å². The Morgan fingerprint density at radius 3 is 2.85 bits per heavy atom. The molecular formula is C21H29NO3S. The molecule has 2 unspecified atom stereocenters. The summed E-state index contributed by atoms with van der Waals surface area (Å²) < 4.78 is 11.9. The minimum atomic E-state index is -0.378. The van der Waals surface area contributed by atoms with Gasteiger partial charge in [0.2, 0.25) is 0 Å². The number of ether oxygens (including phenoxy) is 2. The second-order valence-electron chi connectivity index (χ2n) is 7.18. The van der Waals surface area contributed by atoms with E-state index in [1.807, 2.05) is 13.8 Å². The minimum Gasteiger partial charge on any atom is -0.494 e. The number of rotatable bonds is 8. The van der Waals surface area contributed by atoms with E-state index in [9.17, 15) is 5.11 Å². The maximum Gasteiger partial charge on any atom is 0.124 e. The van der Waals surface area contributed by atoms with Gasteiger partial charge in [0.05, 0.1) is 12.7 Å². The molecule has 4 nitrogen and oxygen atoms in total. The number of thiophene rings is 1. The summed E-state index contributed by atoms with van der Waals surface area (Å²) in [4.78, 5) is 3.63. The first-order valence-electron chi connectivity index (χ1n) is 9.35. The second kappa shape index (κ2) is 8.42. The highest BCUT2D eigenvalue weighted by molar-refractivity contribution is 7.10. The molecule has 0 saturated carbocycles. The van der Waals surface area contributed by atoms with Crippen molar-refractivity contribution in [1.82, 2.24) is 4.90 Å². The molecule has 2 heterocycles. The Morgan fingerprint density at radius 2 is 2.19 bits per heavy atom. The minimum absolute atomic E-state index is 0.220. The van der Waals surface area contributed by atoms with Crippen molar-refractivity contribution < 1.29 is 14.6 Å². The van der Waals surface area contributed by atoms with Crippen LogP contribution in [0.25, 0.3) is 0 Å². The van der Waals surface area contributed by atoms with Gasteiger partial charge >= 0.3 is 0 Å². The van der Waals surface area contributed by atoms with Gasteiger partial charge in [-0.05, 0) is 56.8 Å². The predicted octanol–water partition coefficient (Wildman–Crippen LogP) is 4.16. The van der Waals surface area contributed by atoms with E-state index in [0.29, 0.717) is 13.2 Å². The predicted molar refractivity (Wildman–Crippen MR) is 106 cm³/mol. The van der Waals surface area contributed by atoms with Crippen LogP contribution in [0.4, 0.5) is 0 Å². The molecule has 0 amide bonds. The average molecular weight is 376 g/mol. The third-order valence-electron chi connectivity index (χ3n) is 4.63. The summed E-state index contributed by atoms with van der Waals surface area (Å²) >= 11 is 1.77. The van der Waals surface area contributed by atoms with Gasteiger partial charge in [0.15, 0.2) is 0 Å². The SMILES string of the molecule is CCOc1cc2c(cc1CN(Cc1sccc1C)CC(C)O)OC(C)C2. The maximum absolute atomic E-state index is 9.97. The first-order valence-corrected chi connectivity index (χ1v) is 10.2. The quantitative estimate of drug-likeness (QED) is 0.752. The zero-order chi connectivity index (χ0) is 18.7. The van der Waals surface area contributed by atoms with Crippen molar-refractivity contribution in [2.45, 2.75) is 59.4 Å². The third kappa shape index (κ3) is 4.58. The summed E-state index contributed by atoms with van der Waals surface area (Å²) in [5, 5.41) is 12.1. The number of aliphatic hydroxyl groups is 1. The van der Waals surface area contributed by atoms with E-state index < -0.39 is 0 Å². The molecule has 3 rings (SSSR count). The molecule has 1 aromatic heterocycles. The second-order valence-corrected chi connectivity index (χ2v) is 8.18. The molecular weight excluding hydrogens is 346 g/mol. The Bertz CT molecular complexity index is 741. The first-order chi connectivity index (χ1) is 12.5. The lowest BCUT2D eigenvalue weighted by Gasteiger charge is -2.25. The normalized spacial score (nSPS) is 17.2. The number of benzene rings is 1. The summed E-state index contributed by atoms with van der Waals surface area (Å²) in [5.41, 5.74) is 3.65. The Hall–Kier alpha value is -1.56. The van der Waals surface area contributed by atoms with Crippen molar-refractivity contribution >= 4 is 11.3 Å². The van der Waals surface area contributed by atoms with Crippen molar-refractivity contribution in [3.8, 4) is 11.5 Å². The summed E-state index contributed by atoms with van der Waals surface area (Å²) in [5.74, 6) is 1.91. The lowest BCUT2D eigenvalue weighted by Crippen LogP contribution is -2.30. The van der Waals surface area contributed by atoms with Crippen LogP contribution in [0.5, 0.6) is 11.5 Å². The van der Waals surface area contributed by atoms with Gasteiger partial charge < -0.3 is 14.6 Å². The largest absolute Gasteiger partial charge is 0.494 e. The fourth-order valence-electron chi connectivity index (χ4n) is 3.46. The van der Waals surface area contributed by atoms with Gasteiger partial charge in [0.25, 0.3) is 0 Å². The van der Waals surface area contributed by atoms with Crippen molar-refractivity contribution in [3.63, 3.8) is 0 Å². The van der Waals surface area contributed by atoms with Crippen LogP contribution in [0.15, 0.2) is 23.6 Å². The van der Waals surface area contributed by atoms with E-state index in [0.717, 1.165) is 36.6 Å². The molecule has 1 aliphatic heterocycles. The molecule has 26 heavy (non-hydrogen) atoms. The Labute approximate surface area is 160 Å². The maximum atomic E-state index is 9.97. The summed E-state index contributed by atoms with van der Waals surface area (Å²) in [6, 6.07) is 6.41. The first kappa shape index (κ1) is 19.2. The molecule has 1 aromatic carbocycles. The topological polar surface area (TPSA) is 41.9 Å². The standard InChI is InChI=1S/C21H29NO3S/c1-5-24-19-9-17-8-16(4)25-20(17)10-18(19)12-22(11-15(3)23)13-21-14(2)6-7-26-21/h6-7,9-10,15-16,23H,5,8,11-13H2,1-4H3. The van der Waals surface area contributed by atoms with Crippen LogP contribution in [-0.4, -0.2) is 35.4 Å². The average Bonchev–Trinajstić information content (AvgIpc) is 3.12. The van der Waals surface area contributed by atoms with Gasteiger partial charge in [0, 0.05) is 42.1 Å². The lowest BCUT2D eigenvalue weighted by molar-refractivity contribution is 0.118. The highest BCUT2D eigenvalue weighted by atomic mass is 32.1. The van der Waals surface area contributed by atoms with Gasteiger partial charge in [-0.3, -0.25) is 4.90 Å². The molecule has 0 spiro atoms. The zero-order valence-corrected chi connectivity index (χ0v) is 16.9. The molecule has 0 aliphatic carbocycles. The molecule has 0 bridgehead atoms. The smallest absolute Gasteiger partial charge is 0.124 e. The molecule has 5 heteroatoms. The number of fused-ring (bicyclic) bond motifs is 1. The highest BCUT2D eigenvalue weighted by Gasteiger charge is 2.23. The summed E-state index contributed by atoms with van der Waals surface area (Å²) in [7, 11) is 0. The van der Waals surface area contributed by atoms with Gasteiger partial charge in [-0.15, -0.1) is 11.3 Å². The van der Waals surface area contributed by atoms with Crippen molar-refractivity contribution in [3.05, 3.63) is 45.1 Å². The molecule has 0 saturated heterocycles. The van der Waals surface area contributed by atoms with Crippen LogP contribution < -0.4 is 9.47 Å². The van der Waals surface area contributed by atoms with E-state index in [2.05, 4.69) is 42.3 Å². The number of nitrogens with zero attached hydrogens (tertiary/aromatic N) is 1. The number of hydrogen-bond acceptors (Lipinski definition) is 5. The van der Waals surface area contributed by atoms with E-state index in [1.54, 1.807) is 11.3 Å². The van der Waals surface area contributed by atoms with E-state index in [-0.39, 0.29) is 12.2 Å². The van der Waals surface area contributed by atoms with Gasteiger partial charge in [-0.25, -0.2) is 0 Å². The number of aryl methyl sites for hydroxylation is 1. The van der Waals surface area contributed by atoms with Gasteiger partial charge in [-0.2, -0.15) is 0 Å². The lowest BCUT2D eigenvalue weighted by atomic mass is 10.1. The van der Waals surface area contributed by atoms with E-state index in [4.69, 9.17) is 9.47 Å². The van der Waals surface area contributed by atoms with Gasteiger partial charge in [0.1, 0.15) is 17.6 Å². The van der Waals surface area contributed by atoms with E-state index in [1.165, 1.54) is 16.0 Å². The Morgan fingerprint density at radius 1 is 1.38 bits per heavy atom. The highest BCUT2D eigenvalue weighted by Crippen LogP contribution is 2.36. The van der Waals surface area contributed by atoms with Crippen molar-refractivity contribution in [2.24, 2.45) is 0 Å². The number of aliphatic hydroxyl groups excluding tert-OH is 1. The van der Waals surface area contributed by atoms with Crippen molar-refractivity contribution in [1.29, 1.82) is 0 Å². The fourth-order valence-corrected chi connectivity index (χ4v) is 4.41. The zero-order valence-electron chi connectivity index (χ0n) is 16.1. The Balaban J connectivity index is 1.85. The van der Waals surface area contributed by atoms with Crippen LogP contribution in [0, 0.1) is 6.92 Å². The van der Waals surface area contributed by atoms with E-state index >= 15 is 0 Å². The molecule has 2 aromatic rings. The monoisotopic (exact) mass is 375 g/mol. The molecule has 0 radical (unpaired) electrons. The van der Waals surface area contributed by atoms with Gasteiger partial charge in [-0.1, -0.05) is 0 Å². The molecule has 0 fully saturated rings. The molecule has 1 aliphatic rings. The van der Waals surface area contributed by atoms with Crippen LogP contribution in [0.2, 0.25) is 0 Å². The van der Waals surface area contributed by atoms with Crippen LogP contribution in [-0.2, 0) is 19.5 Å². The molecule has 1 N–H and O–H groups in total. The third-order valence-corrected chi connectivity index (χ3v) is 5.64. The number of hydrogen-bond donors (Lipinski definition) is 1. The van der Waals surface area contributed by atoms with Crippen LogP contribution >= 0.6 is 11.3 Å². The Kier molecular flexibility index (Phi) is 6.22. The van der Waals surface area contributed by atoms with Crippen LogP contribution in [0.3, 0.4) is 0 Å². The van der Waals surface area contributed by atoms with Crippen LogP contribution in [0.1, 0.15) is 42.3 Å². The summed E-state index contributed by atoms with van der Waals surface area (Å²) in [6.45, 7) is 10.9. The fraction of sp³-hybridized carbons (Fsp3) is 0.524. The molecule has 142 valence electrons.